The monoisotopic (exact) mass is 365 g/mol. The Kier molecular flexibility index (Phi) is 4.64. The predicted molar refractivity (Wildman–Crippen MR) is 107 cm³/mol. The van der Waals surface area contributed by atoms with Crippen LogP contribution in [0.5, 0.6) is 0 Å². The van der Waals surface area contributed by atoms with E-state index in [0.29, 0.717) is 22.6 Å². The molecule has 0 bridgehead atoms. The number of hydrogen-bond acceptors (Lipinski definition) is 4. The van der Waals surface area contributed by atoms with Gasteiger partial charge in [-0.15, -0.1) is 0 Å². The van der Waals surface area contributed by atoms with Crippen LogP contribution in [-0.2, 0) is 4.79 Å². The van der Waals surface area contributed by atoms with Crippen LogP contribution in [0.4, 0.5) is 5.69 Å². The number of carbonyl (C=O) groups excluding carboxylic acids is 1. The highest BCUT2D eigenvalue weighted by molar-refractivity contribution is 6.02. The van der Waals surface area contributed by atoms with Gasteiger partial charge in [-0.3, -0.25) is 9.20 Å². The second-order valence-electron chi connectivity index (χ2n) is 6.05. The van der Waals surface area contributed by atoms with Crippen LogP contribution < -0.4 is 5.32 Å². The number of rotatable bonds is 4. The molecule has 134 valence electrons. The van der Waals surface area contributed by atoms with Crippen LogP contribution in [0.2, 0.25) is 0 Å². The van der Waals surface area contributed by atoms with Crippen molar-refractivity contribution in [1.82, 2.24) is 14.4 Å². The average Bonchev–Trinajstić information content (AvgIpc) is 3.17. The standard InChI is InChI=1S/C22H15N5O/c23-14-18-5-2-1-4-16(18)8-11-21(28)25-19-9-6-17(7-10-19)20-15-27-13-3-12-24-22(27)26-20/h1-13,15H,(H,25,28)/b11-8+. The molecule has 0 saturated heterocycles. The van der Waals surface area contributed by atoms with E-state index in [4.69, 9.17) is 5.26 Å². The molecule has 1 amide bonds. The van der Waals surface area contributed by atoms with E-state index in [1.165, 1.54) is 6.08 Å². The Morgan fingerprint density at radius 3 is 2.71 bits per heavy atom. The first-order chi connectivity index (χ1) is 13.7. The van der Waals surface area contributed by atoms with Gasteiger partial charge in [0.2, 0.25) is 11.7 Å². The lowest BCUT2D eigenvalue weighted by Gasteiger charge is -2.03. The smallest absolute Gasteiger partial charge is 0.248 e. The molecule has 4 rings (SSSR count). The van der Waals surface area contributed by atoms with Crippen molar-refractivity contribution in [3.05, 3.63) is 90.4 Å². The maximum atomic E-state index is 12.2. The van der Waals surface area contributed by atoms with Gasteiger partial charge in [-0.1, -0.05) is 30.3 Å². The zero-order valence-corrected chi connectivity index (χ0v) is 14.8. The van der Waals surface area contributed by atoms with E-state index in [0.717, 1.165) is 11.3 Å². The number of nitrogens with one attached hydrogen (secondary N) is 1. The molecule has 0 aliphatic carbocycles. The molecule has 28 heavy (non-hydrogen) atoms. The van der Waals surface area contributed by atoms with Gasteiger partial charge in [-0.25, -0.2) is 9.97 Å². The molecule has 0 aliphatic rings. The molecule has 2 heterocycles. The van der Waals surface area contributed by atoms with Crippen LogP contribution in [0.1, 0.15) is 11.1 Å². The zero-order valence-electron chi connectivity index (χ0n) is 14.8. The van der Waals surface area contributed by atoms with Crippen molar-refractivity contribution in [2.24, 2.45) is 0 Å². The zero-order chi connectivity index (χ0) is 19.3. The van der Waals surface area contributed by atoms with Crippen LogP contribution in [0.15, 0.2) is 79.3 Å². The van der Waals surface area contributed by atoms with E-state index in [1.807, 2.05) is 53.2 Å². The van der Waals surface area contributed by atoms with Gasteiger partial charge >= 0.3 is 0 Å². The largest absolute Gasteiger partial charge is 0.323 e. The summed E-state index contributed by atoms with van der Waals surface area (Å²) in [6, 6.07) is 18.5. The summed E-state index contributed by atoms with van der Waals surface area (Å²) in [4.78, 5) is 20.8. The number of nitrogens with zero attached hydrogens (tertiary/aromatic N) is 4. The van der Waals surface area contributed by atoms with Crippen molar-refractivity contribution >= 4 is 23.4 Å². The van der Waals surface area contributed by atoms with Crippen LogP contribution in [-0.4, -0.2) is 20.3 Å². The third kappa shape index (κ3) is 3.64. The Bertz CT molecular complexity index is 1180. The van der Waals surface area contributed by atoms with Gasteiger partial charge in [0.05, 0.1) is 17.3 Å². The molecule has 0 saturated carbocycles. The van der Waals surface area contributed by atoms with Crippen LogP contribution in [0.3, 0.4) is 0 Å². The minimum Gasteiger partial charge on any atom is -0.323 e. The van der Waals surface area contributed by atoms with E-state index >= 15 is 0 Å². The molecule has 1 N–H and O–H groups in total. The first-order valence-electron chi connectivity index (χ1n) is 8.61. The summed E-state index contributed by atoms with van der Waals surface area (Å²) in [7, 11) is 0. The van der Waals surface area contributed by atoms with Gasteiger partial charge in [0.15, 0.2) is 0 Å². The van der Waals surface area contributed by atoms with E-state index in [9.17, 15) is 4.79 Å². The first-order valence-corrected chi connectivity index (χ1v) is 8.61. The molecule has 6 heteroatoms. The number of imidazole rings is 1. The molecule has 0 spiro atoms. The molecule has 6 nitrogen and oxygen atoms in total. The Hall–Kier alpha value is -4.24. The minimum absolute atomic E-state index is 0.266. The number of amides is 1. The summed E-state index contributed by atoms with van der Waals surface area (Å²) < 4.78 is 1.86. The molecule has 0 radical (unpaired) electrons. The number of benzene rings is 2. The van der Waals surface area contributed by atoms with E-state index in [1.54, 1.807) is 30.5 Å². The summed E-state index contributed by atoms with van der Waals surface area (Å²) in [5, 5.41) is 11.9. The van der Waals surface area contributed by atoms with Gasteiger partial charge in [-0.2, -0.15) is 5.26 Å². The molecule has 0 fully saturated rings. The molecule has 2 aromatic carbocycles. The van der Waals surface area contributed by atoms with Crippen LogP contribution in [0.25, 0.3) is 23.1 Å². The van der Waals surface area contributed by atoms with Gasteiger partial charge in [-0.05, 0) is 35.9 Å². The summed E-state index contributed by atoms with van der Waals surface area (Å²) in [5.74, 6) is 0.370. The summed E-state index contributed by atoms with van der Waals surface area (Å²) in [5.41, 5.74) is 3.65. The fourth-order valence-electron chi connectivity index (χ4n) is 2.79. The third-order valence-electron chi connectivity index (χ3n) is 4.18. The Labute approximate surface area is 161 Å². The van der Waals surface area contributed by atoms with Crippen molar-refractivity contribution in [3.63, 3.8) is 0 Å². The van der Waals surface area contributed by atoms with Crippen molar-refractivity contribution in [2.45, 2.75) is 0 Å². The quantitative estimate of drug-likeness (QED) is 0.556. The third-order valence-corrected chi connectivity index (χ3v) is 4.18. The molecular formula is C22H15N5O. The molecule has 2 aromatic heterocycles. The number of nitriles is 1. The van der Waals surface area contributed by atoms with Gasteiger partial charge in [0, 0.05) is 35.9 Å². The SMILES string of the molecule is N#Cc1ccccc1/C=C/C(=O)Nc1ccc(-c2cn3cccnc3n2)cc1. The maximum Gasteiger partial charge on any atom is 0.248 e. The van der Waals surface area contributed by atoms with Gasteiger partial charge in [0.25, 0.3) is 0 Å². The van der Waals surface area contributed by atoms with Crippen molar-refractivity contribution in [2.75, 3.05) is 5.32 Å². The fraction of sp³-hybridized carbons (Fsp3) is 0. The topological polar surface area (TPSA) is 83.1 Å². The number of hydrogen-bond donors (Lipinski definition) is 1. The van der Waals surface area contributed by atoms with Crippen molar-refractivity contribution in [3.8, 4) is 17.3 Å². The minimum atomic E-state index is -0.266. The highest BCUT2D eigenvalue weighted by Gasteiger charge is 2.05. The Morgan fingerprint density at radius 1 is 1.11 bits per heavy atom. The maximum absolute atomic E-state index is 12.2. The number of anilines is 1. The van der Waals surface area contributed by atoms with E-state index < -0.39 is 0 Å². The van der Waals surface area contributed by atoms with Crippen molar-refractivity contribution < 1.29 is 4.79 Å². The summed E-state index contributed by atoms with van der Waals surface area (Å²) >= 11 is 0. The lowest BCUT2D eigenvalue weighted by molar-refractivity contribution is -0.111. The summed E-state index contributed by atoms with van der Waals surface area (Å²) in [6.45, 7) is 0. The Morgan fingerprint density at radius 2 is 1.93 bits per heavy atom. The van der Waals surface area contributed by atoms with E-state index in [2.05, 4.69) is 21.4 Å². The highest BCUT2D eigenvalue weighted by atomic mass is 16.1. The van der Waals surface area contributed by atoms with Crippen LogP contribution >= 0.6 is 0 Å². The lowest BCUT2D eigenvalue weighted by atomic mass is 10.1. The van der Waals surface area contributed by atoms with E-state index in [-0.39, 0.29) is 5.91 Å². The number of fused-ring (bicyclic) bond motifs is 1. The van der Waals surface area contributed by atoms with Gasteiger partial charge < -0.3 is 5.32 Å². The molecular weight excluding hydrogens is 350 g/mol. The second kappa shape index (κ2) is 7.56. The normalized spacial score (nSPS) is 10.8. The van der Waals surface area contributed by atoms with Crippen LogP contribution in [0, 0.1) is 11.3 Å². The van der Waals surface area contributed by atoms with Gasteiger partial charge in [0.1, 0.15) is 0 Å². The number of carbonyl (C=O) groups is 1. The molecule has 4 aromatic rings. The van der Waals surface area contributed by atoms with Crippen molar-refractivity contribution in [1.29, 1.82) is 5.26 Å². The Balaban J connectivity index is 1.46. The molecule has 0 unspecified atom stereocenters. The highest BCUT2D eigenvalue weighted by Crippen LogP contribution is 2.21. The predicted octanol–water partition coefficient (Wildman–Crippen LogP) is 3.92. The average molecular weight is 365 g/mol. The first kappa shape index (κ1) is 17.2. The molecule has 0 aliphatic heterocycles. The number of aromatic nitrogens is 3. The lowest BCUT2D eigenvalue weighted by Crippen LogP contribution is -2.07. The molecule has 0 atom stereocenters. The summed E-state index contributed by atoms with van der Waals surface area (Å²) in [6.07, 6.45) is 8.55. The fourth-order valence-corrected chi connectivity index (χ4v) is 2.79. The second-order valence-corrected chi connectivity index (χ2v) is 6.05.